The molecule has 0 N–H and O–H groups in total. The highest BCUT2D eigenvalue weighted by molar-refractivity contribution is 5.81. The summed E-state index contributed by atoms with van der Waals surface area (Å²) in [4.78, 5) is 14.5. The van der Waals surface area contributed by atoms with Crippen LogP contribution in [0.1, 0.15) is 57.4 Å². The van der Waals surface area contributed by atoms with E-state index < -0.39 is 6.10 Å². The molecule has 1 saturated carbocycles. The Balaban J connectivity index is 1.67. The summed E-state index contributed by atoms with van der Waals surface area (Å²) in [5, 5.41) is 8.16. The first-order valence-electron chi connectivity index (χ1n) is 8.39. The number of amides is 1. The minimum atomic E-state index is -0.455. The molecule has 128 valence electrons. The van der Waals surface area contributed by atoms with Gasteiger partial charge in [0, 0.05) is 12.5 Å². The molecule has 3 rings (SSSR count). The minimum Gasteiger partial charge on any atom is -0.423 e. The van der Waals surface area contributed by atoms with Gasteiger partial charge in [-0.15, -0.1) is 10.2 Å². The van der Waals surface area contributed by atoms with Crippen LogP contribution in [0.4, 0.5) is 0 Å². The lowest BCUT2D eigenvalue weighted by Crippen LogP contribution is -2.47. The van der Waals surface area contributed by atoms with Crippen LogP contribution >= 0.6 is 0 Å². The maximum Gasteiger partial charge on any atom is 0.252 e. The van der Waals surface area contributed by atoms with Crippen LogP contribution in [0.3, 0.4) is 0 Å². The van der Waals surface area contributed by atoms with Crippen molar-refractivity contribution in [2.75, 3.05) is 26.4 Å². The summed E-state index contributed by atoms with van der Waals surface area (Å²) in [7, 11) is 0. The number of rotatable bonds is 6. The summed E-state index contributed by atoms with van der Waals surface area (Å²) < 4.78 is 16.9. The molecule has 1 aromatic heterocycles. The summed E-state index contributed by atoms with van der Waals surface area (Å²) in [6, 6.07) is -0.330. The van der Waals surface area contributed by atoms with E-state index in [0.717, 1.165) is 0 Å². The molecule has 0 radical (unpaired) electrons. The lowest BCUT2D eigenvalue weighted by Gasteiger charge is -2.35. The molecule has 7 heteroatoms. The molecule has 2 fully saturated rings. The van der Waals surface area contributed by atoms with Crippen LogP contribution in [0.2, 0.25) is 0 Å². The average molecular weight is 323 g/mol. The molecule has 1 amide bonds. The number of hydrogen-bond acceptors (Lipinski definition) is 6. The van der Waals surface area contributed by atoms with Crippen molar-refractivity contribution < 1.29 is 18.7 Å². The smallest absolute Gasteiger partial charge is 0.252 e. The molecular formula is C16H25N3O4. The van der Waals surface area contributed by atoms with Crippen LogP contribution < -0.4 is 0 Å². The number of nitrogens with zero attached hydrogens (tertiary/aromatic N) is 3. The summed E-state index contributed by atoms with van der Waals surface area (Å²) in [5.41, 5.74) is 0. The van der Waals surface area contributed by atoms with Crippen molar-refractivity contribution in [1.82, 2.24) is 15.1 Å². The van der Waals surface area contributed by atoms with Crippen LogP contribution in [0.5, 0.6) is 0 Å². The number of hydrogen-bond donors (Lipinski definition) is 0. The largest absolute Gasteiger partial charge is 0.423 e. The topological polar surface area (TPSA) is 77.7 Å². The summed E-state index contributed by atoms with van der Waals surface area (Å²) in [6.07, 6.45) is 1.96. The Morgan fingerprint density at radius 3 is 2.78 bits per heavy atom. The maximum absolute atomic E-state index is 12.7. The van der Waals surface area contributed by atoms with Crippen molar-refractivity contribution in [3.8, 4) is 0 Å². The molecule has 2 heterocycles. The van der Waals surface area contributed by atoms with E-state index in [1.54, 1.807) is 4.90 Å². The van der Waals surface area contributed by atoms with E-state index in [2.05, 4.69) is 10.2 Å². The predicted molar refractivity (Wildman–Crippen MR) is 81.8 cm³/mol. The summed E-state index contributed by atoms with van der Waals surface area (Å²) in [5.74, 6) is 1.77. The molecular weight excluding hydrogens is 298 g/mol. The highest BCUT2D eigenvalue weighted by Gasteiger charge is 2.35. The van der Waals surface area contributed by atoms with Gasteiger partial charge in [0.2, 0.25) is 11.8 Å². The molecule has 1 saturated heterocycles. The van der Waals surface area contributed by atoms with E-state index >= 15 is 0 Å². The second-order valence-electron chi connectivity index (χ2n) is 6.67. The van der Waals surface area contributed by atoms with Gasteiger partial charge in [0.25, 0.3) is 5.91 Å². The molecule has 2 atom stereocenters. The zero-order valence-electron chi connectivity index (χ0n) is 14.0. The lowest BCUT2D eigenvalue weighted by molar-refractivity contribution is -0.152. The van der Waals surface area contributed by atoms with Crippen molar-refractivity contribution >= 4 is 5.91 Å². The molecule has 0 spiro atoms. The van der Waals surface area contributed by atoms with Gasteiger partial charge in [-0.25, -0.2) is 0 Å². The van der Waals surface area contributed by atoms with Crippen molar-refractivity contribution in [2.24, 2.45) is 5.92 Å². The number of aromatic nitrogens is 2. The number of morpholine rings is 1. The second-order valence-corrected chi connectivity index (χ2v) is 6.67. The van der Waals surface area contributed by atoms with Crippen molar-refractivity contribution in [1.29, 1.82) is 0 Å². The van der Waals surface area contributed by atoms with Crippen molar-refractivity contribution in [3.05, 3.63) is 11.8 Å². The van der Waals surface area contributed by atoms with Crippen LogP contribution in [-0.4, -0.2) is 53.5 Å². The van der Waals surface area contributed by atoms with E-state index in [1.165, 1.54) is 12.8 Å². The summed E-state index contributed by atoms with van der Waals surface area (Å²) in [6.45, 7) is 7.87. The Kier molecular flexibility index (Phi) is 4.96. The zero-order chi connectivity index (χ0) is 16.4. The molecule has 0 unspecified atom stereocenters. The Hall–Kier alpha value is -1.47. The quantitative estimate of drug-likeness (QED) is 0.796. The Bertz CT molecular complexity index is 541. The Labute approximate surface area is 136 Å². The molecule has 23 heavy (non-hydrogen) atoms. The Morgan fingerprint density at radius 1 is 1.35 bits per heavy atom. The highest BCUT2D eigenvalue weighted by Crippen LogP contribution is 2.30. The second kappa shape index (κ2) is 6.97. The third-order valence-electron chi connectivity index (χ3n) is 4.27. The molecule has 1 aliphatic carbocycles. The van der Waals surface area contributed by atoms with E-state index in [9.17, 15) is 4.79 Å². The maximum atomic E-state index is 12.7. The standard InChI is InChI=1S/C16H25N3O4/c1-10(2)14-17-18-15(23-14)13-9-21-7-6-19(13)16(20)11(3)22-8-12-4-5-12/h10-13H,4-9H2,1-3H3/t11-,13+/m1/s1. The van der Waals surface area contributed by atoms with Gasteiger partial charge in [-0.1, -0.05) is 13.8 Å². The number of carbonyl (C=O) groups excluding carboxylic acids is 1. The van der Waals surface area contributed by atoms with Gasteiger partial charge in [0.15, 0.2) is 0 Å². The van der Waals surface area contributed by atoms with Crippen LogP contribution in [0, 0.1) is 5.92 Å². The fourth-order valence-electron chi connectivity index (χ4n) is 2.56. The van der Waals surface area contributed by atoms with Gasteiger partial charge in [-0.3, -0.25) is 4.79 Å². The third kappa shape index (κ3) is 3.90. The normalized spacial score (nSPS) is 23.3. The van der Waals surface area contributed by atoms with Crippen LogP contribution in [0.15, 0.2) is 4.42 Å². The lowest BCUT2D eigenvalue weighted by atomic mass is 10.2. The van der Waals surface area contributed by atoms with Gasteiger partial charge in [-0.2, -0.15) is 0 Å². The number of carbonyl (C=O) groups is 1. The van der Waals surface area contributed by atoms with E-state index in [0.29, 0.717) is 44.1 Å². The first-order chi connectivity index (χ1) is 11.1. The van der Waals surface area contributed by atoms with Crippen LogP contribution in [0.25, 0.3) is 0 Å². The molecule has 0 bridgehead atoms. The fraction of sp³-hybridized carbons (Fsp3) is 0.812. The van der Waals surface area contributed by atoms with E-state index in [4.69, 9.17) is 13.9 Å². The molecule has 2 aliphatic rings. The average Bonchev–Trinajstić information content (AvgIpc) is 3.25. The van der Waals surface area contributed by atoms with Gasteiger partial charge in [-0.05, 0) is 25.7 Å². The van der Waals surface area contributed by atoms with Gasteiger partial charge in [0.05, 0.1) is 19.8 Å². The SMILES string of the molecule is CC(C)c1nnc([C@@H]2COCCN2C(=O)[C@@H](C)OCC2CC2)o1. The monoisotopic (exact) mass is 323 g/mol. The first-order valence-corrected chi connectivity index (χ1v) is 8.39. The van der Waals surface area contributed by atoms with Gasteiger partial charge >= 0.3 is 0 Å². The van der Waals surface area contributed by atoms with Crippen LogP contribution in [-0.2, 0) is 14.3 Å². The third-order valence-corrected chi connectivity index (χ3v) is 4.27. The fourth-order valence-corrected chi connectivity index (χ4v) is 2.56. The molecule has 0 aromatic carbocycles. The summed E-state index contributed by atoms with van der Waals surface area (Å²) >= 11 is 0. The molecule has 1 aliphatic heterocycles. The van der Waals surface area contributed by atoms with Crippen molar-refractivity contribution in [2.45, 2.75) is 51.7 Å². The molecule has 1 aromatic rings. The number of ether oxygens (including phenoxy) is 2. The first kappa shape index (κ1) is 16.4. The highest BCUT2D eigenvalue weighted by atomic mass is 16.5. The molecule has 7 nitrogen and oxygen atoms in total. The van der Waals surface area contributed by atoms with Gasteiger partial charge < -0.3 is 18.8 Å². The zero-order valence-corrected chi connectivity index (χ0v) is 14.0. The predicted octanol–water partition coefficient (Wildman–Crippen LogP) is 1.91. The van der Waals surface area contributed by atoms with E-state index in [-0.39, 0.29) is 17.9 Å². The Morgan fingerprint density at radius 2 is 2.13 bits per heavy atom. The van der Waals surface area contributed by atoms with Crippen molar-refractivity contribution in [3.63, 3.8) is 0 Å². The van der Waals surface area contributed by atoms with Gasteiger partial charge in [0.1, 0.15) is 12.1 Å². The minimum absolute atomic E-state index is 0.0387. The van der Waals surface area contributed by atoms with E-state index in [1.807, 2.05) is 20.8 Å².